The van der Waals surface area contributed by atoms with Crippen molar-refractivity contribution in [3.63, 3.8) is 0 Å². The highest BCUT2D eigenvalue weighted by atomic mass is 79.9. The Morgan fingerprint density at radius 2 is 2.22 bits per heavy atom. The van der Waals surface area contributed by atoms with Gasteiger partial charge in [-0.2, -0.15) is 0 Å². The number of halogens is 1. The average Bonchev–Trinajstić information content (AvgIpc) is 2.37. The van der Waals surface area contributed by atoms with E-state index in [1.807, 2.05) is 0 Å². The maximum absolute atomic E-state index is 12.2. The minimum atomic E-state index is -0.469. The smallest absolute Gasteiger partial charge is 0.325 e. The number of anilines is 1. The summed E-state index contributed by atoms with van der Waals surface area (Å²) in [5, 5.41) is 0. The Balaban J connectivity index is 2.96. The largest absolute Gasteiger partial charge is 0.468 e. The molecule has 1 heterocycles. The van der Waals surface area contributed by atoms with Crippen molar-refractivity contribution in [2.24, 2.45) is 0 Å². The topological polar surface area (TPSA) is 85.5 Å². The van der Waals surface area contributed by atoms with Gasteiger partial charge in [-0.1, -0.05) is 0 Å². The summed E-state index contributed by atoms with van der Waals surface area (Å²) < 4.78 is 5.07. The second kappa shape index (κ2) is 6.34. The van der Waals surface area contributed by atoms with Gasteiger partial charge in [-0.3, -0.25) is 9.59 Å². The molecule has 0 unspecified atom stereocenters. The van der Waals surface area contributed by atoms with Crippen molar-refractivity contribution in [2.75, 3.05) is 25.9 Å². The van der Waals surface area contributed by atoms with E-state index in [4.69, 9.17) is 5.73 Å². The molecule has 1 amide bonds. The van der Waals surface area contributed by atoms with Crippen LogP contribution in [0.25, 0.3) is 0 Å². The van der Waals surface area contributed by atoms with Crippen molar-refractivity contribution in [1.82, 2.24) is 9.88 Å². The summed E-state index contributed by atoms with van der Waals surface area (Å²) in [5.74, 6) is -0.525. The second-order valence-electron chi connectivity index (χ2n) is 3.48. The first kappa shape index (κ1) is 14.4. The highest BCUT2D eigenvalue weighted by Gasteiger charge is 2.20. The van der Waals surface area contributed by atoms with Gasteiger partial charge in [-0.15, -0.1) is 0 Å². The van der Waals surface area contributed by atoms with Gasteiger partial charge in [-0.25, -0.2) is 4.98 Å². The van der Waals surface area contributed by atoms with Crippen molar-refractivity contribution >= 4 is 33.6 Å². The third-order valence-corrected chi connectivity index (χ3v) is 2.96. The number of nitrogens with two attached hydrogens (primary N) is 1. The van der Waals surface area contributed by atoms with Crippen LogP contribution in [0, 0.1) is 0 Å². The molecule has 18 heavy (non-hydrogen) atoms. The van der Waals surface area contributed by atoms with Crippen molar-refractivity contribution in [1.29, 1.82) is 0 Å². The Morgan fingerprint density at radius 3 is 2.78 bits per heavy atom. The molecule has 0 atom stereocenters. The molecule has 1 aromatic heterocycles. The molecule has 98 valence electrons. The fourth-order valence-corrected chi connectivity index (χ4v) is 1.72. The first-order chi connectivity index (χ1) is 8.49. The second-order valence-corrected chi connectivity index (χ2v) is 4.34. The Labute approximate surface area is 113 Å². The highest BCUT2D eigenvalue weighted by Crippen LogP contribution is 2.19. The van der Waals surface area contributed by atoms with E-state index in [0.29, 0.717) is 16.6 Å². The summed E-state index contributed by atoms with van der Waals surface area (Å²) in [6.45, 7) is 2.07. The molecule has 0 aromatic carbocycles. The summed E-state index contributed by atoms with van der Waals surface area (Å²) in [6.07, 6.45) is 1.45. The zero-order valence-corrected chi connectivity index (χ0v) is 11.7. The third kappa shape index (κ3) is 3.43. The summed E-state index contributed by atoms with van der Waals surface area (Å²) in [6, 6.07) is 1.46. The number of rotatable bonds is 4. The van der Waals surface area contributed by atoms with E-state index in [-0.39, 0.29) is 18.3 Å². The van der Waals surface area contributed by atoms with Crippen molar-refractivity contribution in [2.45, 2.75) is 6.92 Å². The van der Waals surface area contributed by atoms with Gasteiger partial charge in [0.1, 0.15) is 12.4 Å². The molecule has 2 N–H and O–H groups in total. The minimum Gasteiger partial charge on any atom is -0.468 e. The molecule has 0 aliphatic heterocycles. The lowest BCUT2D eigenvalue weighted by atomic mass is 10.2. The van der Waals surface area contributed by atoms with E-state index in [2.05, 4.69) is 25.7 Å². The first-order valence-corrected chi connectivity index (χ1v) is 6.06. The molecular weight excluding hydrogens is 302 g/mol. The maximum atomic E-state index is 12.2. The number of hydrogen-bond acceptors (Lipinski definition) is 5. The molecule has 1 rings (SSSR count). The van der Waals surface area contributed by atoms with Gasteiger partial charge in [0.05, 0.1) is 12.7 Å². The molecule has 6 nitrogen and oxygen atoms in total. The number of carbonyl (C=O) groups excluding carboxylic acids is 2. The number of carbonyl (C=O) groups is 2. The van der Waals surface area contributed by atoms with E-state index in [0.717, 1.165) is 0 Å². The number of nitrogen functional groups attached to an aromatic ring is 1. The minimum absolute atomic E-state index is 0.0967. The van der Waals surface area contributed by atoms with Gasteiger partial charge in [0, 0.05) is 17.2 Å². The SMILES string of the molecule is CCN(CC(=O)OC)C(=O)c1cc(N)ncc1Br. The van der Waals surface area contributed by atoms with Crippen LogP contribution in [-0.2, 0) is 9.53 Å². The van der Waals surface area contributed by atoms with E-state index >= 15 is 0 Å². The van der Waals surface area contributed by atoms with Gasteiger partial charge in [0.15, 0.2) is 0 Å². The van der Waals surface area contributed by atoms with E-state index < -0.39 is 5.97 Å². The lowest BCUT2D eigenvalue weighted by Crippen LogP contribution is -2.36. The molecule has 0 aliphatic rings. The van der Waals surface area contributed by atoms with Gasteiger partial charge in [0.25, 0.3) is 5.91 Å². The Kier molecular flexibility index (Phi) is 5.08. The summed E-state index contributed by atoms with van der Waals surface area (Å²) in [4.78, 5) is 28.6. The van der Waals surface area contributed by atoms with Crippen LogP contribution in [0.2, 0.25) is 0 Å². The lowest BCUT2D eigenvalue weighted by molar-refractivity contribution is -0.141. The van der Waals surface area contributed by atoms with E-state index in [1.54, 1.807) is 6.92 Å². The third-order valence-electron chi connectivity index (χ3n) is 2.32. The number of nitrogens with zero attached hydrogens (tertiary/aromatic N) is 2. The summed E-state index contributed by atoms with van der Waals surface area (Å²) >= 11 is 3.23. The van der Waals surface area contributed by atoms with Crippen LogP contribution in [0.1, 0.15) is 17.3 Å². The predicted octanol–water partition coefficient (Wildman–Crippen LogP) is 1.06. The molecule has 0 fully saturated rings. The first-order valence-electron chi connectivity index (χ1n) is 5.26. The molecular formula is C11H14BrN3O3. The summed E-state index contributed by atoms with van der Waals surface area (Å²) in [5.41, 5.74) is 5.91. The normalized spacial score (nSPS) is 9.94. The number of esters is 1. The number of amides is 1. The van der Waals surface area contributed by atoms with Crippen LogP contribution in [0.4, 0.5) is 5.82 Å². The maximum Gasteiger partial charge on any atom is 0.325 e. The molecule has 0 radical (unpaired) electrons. The van der Waals surface area contributed by atoms with Crippen LogP contribution >= 0.6 is 15.9 Å². The number of ether oxygens (including phenoxy) is 1. The summed E-state index contributed by atoms with van der Waals surface area (Å²) in [7, 11) is 1.28. The molecule has 7 heteroatoms. The van der Waals surface area contributed by atoms with Crippen LogP contribution in [-0.4, -0.2) is 42.0 Å². The fraction of sp³-hybridized carbons (Fsp3) is 0.364. The van der Waals surface area contributed by atoms with Gasteiger partial charge >= 0.3 is 5.97 Å². The van der Waals surface area contributed by atoms with Crippen LogP contribution in [0.5, 0.6) is 0 Å². The zero-order chi connectivity index (χ0) is 13.7. The number of aromatic nitrogens is 1. The molecule has 0 spiro atoms. The lowest BCUT2D eigenvalue weighted by Gasteiger charge is -2.20. The molecule has 0 bridgehead atoms. The standard InChI is InChI=1S/C11H14BrN3O3/c1-3-15(6-10(16)18-2)11(17)7-4-9(13)14-5-8(7)12/h4-5H,3,6H2,1-2H3,(H2,13,14). The van der Waals surface area contributed by atoms with Crippen LogP contribution in [0.3, 0.4) is 0 Å². The monoisotopic (exact) mass is 315 g/mol. The Bertz CT molecular complexity index is 465. The number of pyridine rings is 1. The van der Waals surface area contributed by atoms with Gasteiger partial charge in [-0.05, 0) is 28.9 Å². The predicted molar refractivity (Wildman–Crippen MR) is 69.9 cm³/mol. The van der Waals surface area contributed by atoms with Crippen LogP contribution < -0.4 is 5.73 Å². The molecule has 1 aromatic rings. The molecule has 0 aliphatic carbocycles. The highest BCUT2D eigenvalue weighted by molar-refractivity contribution is 9.10. The van der Waals surface area contributed by atoms with Crippen LogP contribution in [0.15, 0.2) is 16.7 Å². The number of hydrogen-bond donors (Lipinski definition) is 1. The van der Waals surface area contributed by atoms with Gasteiger partial charge < -0.3 is 15.4 Å². The number of methoxy groups -OCH3 is 1. The molecule has 0 saturated carbocycles. The Morgan fingerprint density at radius 1 is 1.56 bits per heavy atom. The Hall–Kier alpha value is -1.63. The number of likely N-dealkylation sites (N-methyl/N-ethyl adjacent to an activating group) is 1. The molecule has 0 saturated heterocycles. The van der Waals surface area contributed by atoms with E-state index in [9.17, 15) is 9.59 Å². The van der Waals surface area contributed by atoms with Crippen molar-refractivity contribution in [3.8, 4) is 0 Å². The fourth-order valence-electron chi connectivity index (χ4n) is 1.34. The van der Waals surface area contributed by atoms with Crippen molar-refractivity contribution < 1.29 is 14.3 Å². The quantitative estimate of drug-likeness (QED) is 0.840. The van der Waals surface area contributed by atoms with Gasteiger partial charge in [0.2, 0.25) is 0 Å². The van der Waals surface area contributed by atoms with E-state index in [1.165, 1.54) is 24.3 Å². The zero-order valence-electron chi connectivity index (χ0n) is 10.1. The average molecular weight is 316 g/mol. The van der Waals surface area contributed by atoms with Crippen molar-refractivity contribution in [3.05, 3.63) is 22.3 Å².